The summed E-state index contributed by atoms with van der Waals surface area (Å²) in [6.07, 6.45) is 2.13. The molecule has 0 radical (unpaired) electrons. The molecular weight excluding hydrogens is 495 g/mol. The smallest absolute Gasteiger partial charge is 0.191 e. The van der Waals surface area contributed by atoms with E-state index in [-0.39, 0.29) is 24.0 Å². The Balaban J connectivity index is 0.00000450. The lowest BCUT2D eigenvalue weighted by atomic mass is 10.2. The first-order valence-corrected chi connectivity index (χ1v) is 10.9. The normalized spacial score (nSPS) is 14.8. The molecule has 7 nitrogen and oxygen atoms in total. The van der Waals surface area contributed by atoms with Crippen LogP contribution in [0.3, 0.4) is 0 Å². The Morgan fingerprint density at radius 3 is 2.73 bits per heavy atom. The molecule has 0 spiro atoms. The minimum atomic E-state index is 0. The molecule has 1 fully saturated rings. The average molecular weight is 534 g/mol. The van der Waals surface area contributed by atoms with Crippen LogP contribution in [0.4, 0.5) is 0 Å². The zero-order valence-corrected chi connectivity index (χ0v) is 20.9. The number of guanidine groups is 1. The van der Waals surface area contributed by atoms with E-state index >= 15 is 0 Å². The van der Waals surface area contributed by atoms with Gasteiger partial charge in [0, 0.05) is 45.9 Å². The first-order valence-electron chi connectivity index (χ1n) is 10.9. The molecule has 0 bridgehead atoms. The first-order chi connectivity index (χ1) is 14.3. The van der Waals surface area contributed by atoms with Gasteiger partial charge in [-0.25, -0.2) is 4.99 Å². The third-order valence-electron chi connectivity index (χ3n) is 4.65. The molecule has 172 valence electrons. The zero-order valence-electron chi connectivity index (χ0n) is 18.5. The lowest BCUT2D eigenvalue weighted by Gasteiger charge is -2.26. The lowest BCUT2D eigenvalue weighted by molar-refractivity contribution is 0.0322. The number of nitrogens with one attached hydrogen (secondary N) is 2. The zero-order chi connectivity index (χ0) is 20.6. The minimum Gasteiger partial charge on any atom is -0.492 e. The fourth-order valence-corrected chi connectivity index (χ4v) is 3.04. The van der Waals surface area contributed by atoms with Crippen molar-refractivity contribution in [2.45, 2.75) is 33.2 Å². The van der Waals surface area contributed by atoms with Gasteiger partial charge in [0.25, 0.3) is 0 Å². The molecule has 0 amide bonds. The summed E-state index contributed by atoms with van der Waals surface area (Å²) in [4.78, 5) is 7.07. The van der Waals surface area contributed by atoms with Crippen LogP contribution >= 0.6 is 24.0 Å². The Morgan fingerprint density at radius 1 is 1.13 bits per heavy atom. The monoisotopic (exact) mass is 534 g/mol. The van der Waals surface area contributed by atoms with Gasteiger partial charge >= 0.3 is 0 Å². The summed E-state index contributed by atoms with van der Waals surface area (Å²) in [5.41, 5.74) is 1.14. The summed E-state index contributed by atoms with van der Waals surface area (Å²) in [7, 11) is 0. The highest BCUT2D eigenvalue weighted by molar-refractivity contribution is 14.0. The van der Waals surface area contributed by atoms with Gasteiger partial charge in [0.2, 0.25) is 0 Å². The maximum absolute atomic E-state index is 5.94. The largest absolute Gasteiger partial charge is 0.492 e. The van der Waals surface area contributed by atoms with Crippen LogP contribution in [0.5, 0.6) is 5.75 Å². The van der Waals surface area contributed by atoms with Crippen molar-refractivity contribution in [3.05, 3.63) is 29.8 Å². The Morgan fingerprint density at radius 2 is 1.97 bits per heavy atom. The molecule has 0 aliphatic carbocycles. The van der Waals surface area contributed by atoms with E-state index in [0.717, 1.165) is 89.3 Å². The molecule has 1 aliphatic heterocycles. The highest BCUT2D eigenvalue weighted by Crippen LogP contribution is 2.14. The van der Waals surface area contributed by atoms with Crippen molar-refractivity contribution in [3.63, 3.8) is 0 Å². The second-order valence-electron chi connectivity index (χ2n) is 6.98. The maximum Gasteiger partial charge on any atom is 0.191 e. The van der Waals surface area contributed by atoms with E-state index in [0.29, 0.717) is 13.2 Å². The van der Waals surface area contributed by atoms with Gasteiger partial charge in [-0.05, 0) is 44.4 Å². The number of rotatable bonds is 13. The van der Waals surface area contributed by atoms with Gasteiger partial charge in [0.1, 0.15) is 12.4 Å². The number of benzene rings is 1. The van der Waals surface area contributed by atoms with Gasteiger partial charge in [0.15, 0.2) is 5.96 Å². The molecule has 1 heterocycles. The highest BCUT2D eigenvalue weighted by atomic mass is 127. The van der Waals surface area contributed by atoms with Crippen molar-refractivity contribution in [2.24, 2.45) is 4.99 Å². The number of hydrogen-bond donors (Lipinski definition) is 2. The van der Waals surface area contributed by atoms with Crippen LogP contribution in [0.15, 0.2) is 29.3 Å². The third-order valence-corrected chi connectivity index (χ3v) is 4.65. The molecule has 30 heavy (non-hydrogen) atoms. The van der Waals surface area contributed by atoms with Crippen molar-refractivity contribution in [1.82, 2.24) is 15.5 Å². The van der Waals surface area contributed by atoms with Crippen LogP contribution in [-0.4, -0.2) is 76.6 Å². The summed E-state index contributed by atoms with van der Waals surface area (Å²) in [6.45, 7) is 13.3. The van der Waals surface area contributed by atoms with Gasteiger partial charge in [-0.2, -0.15) is 0 Å². The van der Waals surface area contributed by atoms with Gasteiger partial charge in [0.05, 0.1) is 19.8 Å². The van der Waals surface area contributed by atoms with E-state index in [1.54, 1.807) is 0 Å². The van der Waals surface area contributed by atoms with Crippen molar-refractivity contribution in [2.75, 3.05) is 65.8 Å². The van der Waals surface area contributed by atoms with E-state index < -0.39 is 0 Å². The molecule has 2 N–H and O–H groups in total. The van der Waals surface area contributed by atoms with Crippen LogP contribution in [-0.2, 0) is 16.0 Å². The number of ether oxygens (including phenoxy) is 3. The number of halogens is 1. The Labute approximate surface area is 199 Å². The third kappa shape index (κ3) is 11.9. The average Bonchev–Trinajstić information content (AvgIpc) is 2.75. The fourth-order valence-electron chi connectivity index (χ4n) is 3.04. The summed E-state index contributed by atoms with van der Waals surface area (Å²) < 4.78 is 16.7. The molecule has 1 aliphatic rings. The number of hydrogen-bond acceptors (Lipinski definition) is 5. The van der Waals surface area contributed by atoms with Crippen LogP contribution in [0.2, 0.25) is 0 Å². The molecule has 2 rings (SSSR count). The summed E-state index contributed by atoms with van der Waals surface area (Å²) >= 11 is 0. The predicted octanol–water partition coefficient (Wildman–Crippen LogP) is 2.89. The van der Waals surface area contributed by atoms with E-state index in [9.17, 15) is 0 Å². The van der Waals surface area contributed by atoms with Gasteiger partial charge in [-0.1, -0.05) is 12.1 Å². The highest BCUT2D eigenvalue weighted by Gasteiger charge is 2.09. The topological polar surface area (TPSA) is 67.4 Å². The Kier molecular flexibility index (Phi) is 15.8. The summed E-state index contributed by atoms with van der Waals surface area (Å²) in [5.74, 6) is 1.75. The van der Waals surface area contributed by atoms with E-state index in [1.165, 1.54) is 0 Å². The Bertz CT molecular complexity index is 583. The molecule has 8 heteroatoms. The van der Waals surface area contributed by atoms with Crippen molar-refractivity contribution in [3.8, 4) is 5.75 Å². The van der Waals surface area contributed by atoms with Crippen LogP contribution in [0, 0.1) is 0 Å². The number of morpholine rings is 1. The van der Waals surface area contributed by atoms with E-state index in [2.05, 4.69) is 34.6 Å². The second-order valence-corrected chi connectivity index (χ2v) is 6.98. The molecular formula is C22H39IN4O3. The molecule has 0 unspecified atom stereocenters. The molecule has 1 aromatic rings. The standard InChI is InChI=1S/C22H38N4O3.HI/c1-3-23-22(24-10-5-6-14-27-4-2)25-19-20-8-7-9-21(18-20)29-17-13-26-11-15-28-16-12-26;/h7-9,18H,3-6,10-17,19H2,1-2H3,(H2,23,24,25);1H. The van der Waals surface area contributed by atoms with Gasteiger partial charge in [-0.15, -0.1) is 24.0 Å². The molecule has 0 aromatic heterocycles. The minimum absolute atomic E-state index is 0. The van der Waals surface area contributed by atoms with Crippen molar-refractivity contribution < 1.29 is 14.2 Å². The van der Waals surface area contributed by atoms with Crippen LogP contribution in [0.25, 0.3) is 0 Å². The number of nitrogens with zero attached hydrogens (tertiary/aromatic N) is 2. The predicted molar refractivity (Wildman–Crippen MR) is 133 cm³/mol. The summed E-state index contributed by atoms with van der Waals surface area (Å²) in [5, 5.41) is 6.69. The molecule has 0 saturated carbocycles. The Hall–Kier alpha value is -1.10. The van der Waals surface area contributed by atoms with Crippen LogP contribution in [0.1, 0.15) is 32.3 Å². The van der Waals surface area contributed by atoms with Crippen molar-refractivity contribution in [1.29, 1.82) is 0 Å². The lowest BCUT2D eigenvalue weighted by Crippen LogP contribution is -2.38. The summed E-state index contributed by atoms with van der Waals surface area (Å²) in [6, 6.07) is 8.20. The fraction of sp³-hybridized carbons (Fsp3) is 0.682. The van der Waals surface area contributed by atoms with Gasteiger partial charge < -0.3 is 24.8 Å². The van der Waals surface area contributed by atoms with Crippen molar-refractivity contribution >= 4 is 29.9 Å². The molecule has 1 aromatic carbocycles. The first kappa shape index (κ1) is 26.9. The quantitative estimate of drug-likeness (QED) is 0.176. The molecule has 0 atom stereocenters. The van der Waals surface area contributed by atoms with Gasteiger partial charge in [-0.3, -0.25) is 4.90 Å². The second kappa shape index (κ2) is 17.6. The van der Waals surface area contributed by atoms with E-state index in [1.807, 2.05) is 19.1 Å². The SMILES string of the molecule is CCNC(=NCc1cccc(OCCN2CCOCC2)c1)NCCCCOCC.I. The molecule has 1 saturated heterocycles. The maximum atomic E-state index is 5.94. The van der Waals surface area contributed by atoms with E-state index in [4.69, 9.17) is 19.2 Å². The van der Waals surface area contributed by atoms with Crippen LogP contribution < -0.4 is 15.4 Å². The number of aliphatic imine (C=N–C) groups is 1. The number of unbranched alkanes of at least 4 members (excludes halogenated alkanes) is 1.